The number of fused-ring (bicyclic) bond motifs is 4. The van der Waals surface area contributed by atoms with Gasteiger partial charge in [-0.05, 0) is 405 Å². The van der Waals surface area contributed by atoms with Crippen molar-refractivity contribution < 1.29 is 91.3 Å². The second kappa shape index (κ2) is 47.8. The van der Waals surface area contributed by atoms with Crippen LogP contribution >= 0.6 is 12.4 Å². The fourth-order valence-electron chi connectivity index (χ4n) is 33.3. The summed E-state index contributed by atoms with van der Waals surface area (Å²) in [5.41, 5.74) is 37.8. The van der Waals surface area contributed by atoms with Gasteiger partial charge in [-0.25, -0.2) is 0 Å². The topological polar surface area (TPSA) is 434 Å². The highest BCUT2D eigenvalue weighted by atomic mass is 35.5. The van der Waals surface area contributed by atoms with Gasteiger partial charge in [0.1, 0.15) is 12.2 Å². The zero-order valence-corrected chi connectivity index (χ0v) is 89.6. The van der Waals surface area contributed by atoms with Crippen molar-refractivity contribution in [1.29, 1.82) is 0 Å². The number of hydrogen-bond donors (Lipinski definition) is 10. The summed E-state index contributed by atoms with van der Waals surface area (Å²) in [5, 5.41) is 71.4. The maximum absolute atomic E-state index is 11.9. The maximum atomic E-state index is 11.9. The predicted octanol–water partition coefficient (Wildman–Crippen LogP) is 19.8. The van der Waals surface area contributed by atoms with Crippen molar-refractivity contribution in [1.82, 2.24) is 0 Å². The van der Waals surface area contributed by atoms with Gasteiger partial charge in [0.2, 0.25) is 0 Å². The number of hydrogen-bond acceptors (Lipinski definition) is 22. The van der Waals surface area contributed by atoms with E-state index in [1.165, 1.54) is 114 Å². The molecule has 0 amide bonds. The molecule has 0 aromatic rings. The SMILES string of the molecule is C=C1CCC2[C@H](CN)C([C@@]3(C)CC[C@H](O)C[C@@H]3CO)CC[C@]12C.C=C1CCC2[C@H](CN)C([C@@]3(C)CC[C@H](O)C[C@@H]3CO)CC[C@]12C.C=C1CCC2[C@H](CN=[N+]=[N-])C([C@@]3(C)CC[C@H](OC(C)=O)C[C@@H]3COC(C)=O)CC[C@]12C.C=C1CCC2[C@H](COS(C)(=O)=O)C([C@@]3(C)CC[C@H](OC(C)=O)C[C@@H]3COC(C)=O)CC[C@]12C.CC(=O)O.CC1(C)CCC2=C1CCC([C@@]1(C)CC[C@H](O)C[C@@H]1CO)[C@H]2CN.Cl. The third-order valence-electron chi connectivity index (χ3n) is 42.1. The number of nitrogens with zero attached hydrogens (tertiary/aromatic N) is 3. The number of aliphatic hydroxyl groups excluding tert-OH is 6. The molecule has 0 heterocycles. The molecule has 15 rings (SSSR count). The first-order valence-electron chi connectivity index (χ1n) is 53.3. The van der Waals surface area contributed by atoms with Gasteiger partial charge >= 0.3 is 23.9 Å². The minimum Gasteiger partial charge on any atom is -0.481 e. The van der Waals surface area contributed by atoms with Gasteiger partial charge in [-0.1, -0.05) is 141 Å². The van der Waals surface area contributed by atoms with Crippen LogP contribution in [0, 0.1) is 167 Å². The standard InChI is InChI=1S/C25H40O7S.C24H37N3O4.3C20H35NO2.C2H4O2.ClH/c1-16-7-8-22-21(15-31-33(6,28)29)23(10-12-24(16,22)4)25(5)11-9-20(32-18(3)27)13-19(25)14-30-17(2)26;1-15-6-7-21-20(13-26-27-25)22(9-11-23(15,21)4)24(5)10-8-19(31-17(3)29)12-18(24)14-30-16(2)28;1-19(2)8-7-15-16(11-21)18(5-4-17(15)19)20(3)9-6-14(23)10-13(20)12-22;2*1-13-4-5-17-16(11-21)18(7-9-19(13,17)2)20(3)8-6-15(23)10-14(20)12-22;1-2(3)4;/h19-23H,1,7-15H2,2-6H3;18-22H,1,6-14H2,2-5H3;13-14,16,18,22-23H,4-12,21H2,1-3H3;2*14-18,22-23H,1,4-12,21H2,2-3H3;1H3,(H,3,4);1H/t19-,20+,21+,22?,23?,24-,25+;18-,19+,20+,21?,22?,23-,24+;13-,14+,16+,18?,20+;2*14-,15+,16+,17?,18?,19-,20+;;/m11111../s1. The number of aliphatic carboxylic acids is 1. The highest BCUT2D eigenvalue weighted by Crippen LogP contribution is 2.70. The monoisotopic (exact) mass is 1980 g/mol. The molecule has 15 aliphatic carbocycles. The Morgan fingerprint density at radius 1 is 0.406 bits per heavy atom. The lowest BCUT2D eigenvalue weighted by atomic mass is 9.49. The quantitative estimate of drug-likeness (QED) is 0.00915. The van der Waals surface area contributed by atoms with Gasteiger partial charge in [0.05, 0.1) is 44.4 Å². The number of carboxylic acid groups (broad SMARTS) is 1. The van der Waals surface area contributed by atoms with E-state index in [9.17, 15) is 58.2 Å². The second-order valence-electron chi connectivity index (χ2n) is 49.1. The largest absolute Gasteiger partial charge is 0.481 e. The van der Waals surface area contributed by atoms with E-state index in [0.717, 1.165) is 180 Å². The molecule has 13 saturated carbocycles. The lowest BCUT2D eigenvalue weighted by Crippen LogP contribution is -2.52. The highest BCUT2D eigenvalue weighted by Gasteiger charge is 2.63. The summed E-state index contributed by atoms with van der Waals surface area (Å²) < 4.78 is 51.3. The van der Waals surface area contributed by atoms with E-state index < -0.39 is 16.1 Å². The Morgan fingerprint density at radius 2 is 0.717 bits per heavy atom. The molecule has 0 saturated heterocycles. The first-order valence-corrected chi connectivity index (χ1v) is 55.1. The fourth-order valence-corrected chi connectivity index (χ4v) is 33.7. The van der Waals surface area contributed by atoms with E-state index in [2.05, 4.69) is 113 Å². The Balaban J connectivity index is 0.000000192. The molecular weight excluding hydrogens is 1790 g/mol. The van der Waals surface area contributed by atoms with Crippen molar-refractivity contribution in [3.63, 3.8) is 0 Å². The second-order valence-corrected chi connectivity index (χ2v) is 50.8. The van der Waals surface area contributed by atoms with Crippen LogP contribution in [0.5, 0.6) is 0 Å². The van der Waals surface area contributed by atoms with Crippen LogP contribution < -0.4 is 17.2 Å². The molecule has 13 fully saturated rings. The molecular formula is C111H187ClN6O19S. The summed E-state index contributed by atoms with van der Waals surface area (Å²) in [7, 11) is -3.57. The zero-order chi connectivity index (χ0) is 101. The number of ether oxygens (including phenoxy) is 4. The van der Waals surface area contributed by atoms with Crippen molar-refractivity contribution in [3.05, 3.63) is 70.2 Å². The summed E-state index contributed by atoms with van der Waals surface area (Å²) in [4.78, 5) is 58.4. The summed E-state index contributed by atoms with van der Waals surface area (Å²) in [6.45, 7) is 54.1. The van der Waals surface area contributed by atoms with Crippen molar-refractivity contribution in [2.24, 2.45) is 189 Å². The number of azide groups is 1. The summed E-state index contributed by atoms with van der Waals surface area (Å²) in [6, 6.07) is 0. The van der Waals surface area contributed by atoms with Gasteiger partial charge in [0.25, 0.3) is 16.1 Å². The Labute approximate surface area is 835 Å². The Bertz CT molecular complexity index is 4320. The van der Waals surface area contributed by atoms with Crippen molar-refractivity contribution in [2.45, 2.75) is 366 Å². The minimum atomic E-state index is -3.57. The average Bonchev–Trinajstić information content (AvgIpc) is 1.46. The Hall–Kier alpha value is -4.80. The van der Waals surface area contributed by atoms with Crippen LogP contribution in [0.4, 0.5) is 0 Å². The van der Waals surface area contributed by atoms with Crippen LogP contribution in [-0.2, 0) is 57.2 Å². The molecule has 0 radical (unpaired) electrons. The number of esters is 4. The average molecular weight is 1980 g/mol. The van der Waals surface area contributed by atoms with E-state index in [4.69, 9.17) is 55.8 Å². The first-order chi connectivity index (χ1) is 64.2. The number of carbonyl (C=O) groups excluding carboxylic acids is 4. The Kier molecular flexibility index (Phi) is 40.4. The molecule has 33 atom stereocenters. The van der Waals surface area contributed by atoms with Gasteiger partial charge in [0, 0.05) is 77.7 Å². The number of carboxylic acids is 1. The van der Waals surface area contributed by atoms with Gasteiger partial charge in [-0.3, -0.25) is 28.2 Å². The van der Waals surface area contributed by atoms with E-state index in [-0.39, 0.29) is 196 Å². The third kappa shape index (κ3) is 25.0. The summed E-state index contributed by atoms with van der Waals surface area (Å²) in [6.07, 6.45) is 35.2. The summed E-state index contributed by atoms with van der Waals surface area (Å²) >= 11 is 0. The normalized spacial score (nSPS) is 42.7. The van der Waals surface area contributed by atoms with Crippen molar-refractivity contribution in [3.8, 4) is 0 Å². The maximum Gasteiger partial charge on any atom is 0.302 e. The first kappa shape index (κ1) is 117. The molecule has 138 heavy (non-hydrogen) atoms. The third-order valence-corrected chi connectivity index (χ3v) is 42.6. The van der Waals surface area contributed by atoms with Gasteiger partial charge in [0.15, 0.2) is 0 Å². The molecule has 0 bridgehead atoms. The van der Waals surface area contributed by atoms with Crippen LogP contribution in [0.25, 0.3) is 10.4 Å². The van der Waals surface area contributed by atoms with Crippen LogP contribution in [-0.4, -0.2) is 177 Å². The van der Waals surface area contributed by atoms with Gasteiger partial charge in [-0.15, -0.1) is 12.4 Å². The molecule has 0 spiro atoms. The Morgan fingerprint density at radius 3 is 1.04 bits per heavy atom. The number of halogens is 1. The molecule has 788 valence electrons. The highest BCUT2D eigenvalue weighted by molar-refractivity contribution is 7.86. The summed E-state index contributed by atoms with van der Waals surface area (Å²) in [5.74, 6) is 4.96. The molecule has 0 aromatic heterocycles. The number of nitrogens with two attached hydrogens (primary N) is 3. The molecule has 0 aromatic carbocycles. The van der Waals surface area contributed by atoms with E-state index >= 15 is 0 Å². The molecule has 27 heteroatoms. The van der Waals surface area contributed by atoms with E-state index in [0.29, 0.717) is 96.5 Å². The number of carbonyl (C=O) groups is 5. The fraction of sp³-hybridized carbons (Fsp3) is 0.865. The van der Waals surface area contributed by atoms with Crippen LogP contribution in [0.2, 0.25) is 0 Å². The van der Waals surface area contributed by atoms with Crippen molar-refractivity contribution in [2.75, 3.05) is 72.1 Å². The molecule has 25 nitrogen and oxygen atoms in total. The van der Waals surface area contributed by atoms with E-state index in [1.54, 1.807) is 11.1 Å². The molecule has 9 unspecified atom stereocenters. The molecule has 15 aliphatic rings. The van der Waals surface area contributed by atoms with Crippen LogP contribution in [0.15, 0.2) is 64.9 Å². The molecule has 13 N–H and O–H groups in total. The number of allylic oxidation sites excluding steroid dienone is 5. The predicted molar refractivity (Wildman–Crippen MR) is 544 cm³/mol. The lowest BCUT2D eigenvalue weighted by molar-refractivity contribution is -0.161. The minimum absolute atomic E-state index is 0. The lowest BCUT2D eigenvalue weighted by Gasteiger charge is -2.56. The van der Waals surface area contributed by atoms with Gasteiger partial charge < -0.3 is 71.9 Å². The van der Waals surface area contributed by atoms with E-state index in [1.807, 2.05) is 0 Å². The van der Waals surface area contributed by atoms with Crippen LogP contribution in [0.1, 0.15) is 336 Å². The molecule has 0 aliphatic heterocycles. The van der Waals surface area contributed by atoms with Crippen molar-refractivity contribution >= 4 is 52.4 Å². The smallest absolute Gasteiger partial charge is 0.302 e. The zero-order valence-electron chi connectivity index (χ0n) is 87.9. The van der Waals surface area contributed by atoms with Crippen LogP contribution in [0.3, 0.4) is 0 Å². The number of aliphatic hydroxyl groups is 6. The number of rotatable bonds is 22. The van der Waals surface area contributed by atoms with Gasteiger partial charge in [-0.2, -0.15) is 8.42 Å².